The molecule has 2 aromatic heterocycles. The number of aromatic nitrogens is 2. The molecule has 4 aromatic rings. The molecule has 0 unspecified atom stereocenters. The van der Waals surface area contributed by atoms with Crippen LogP contribution in [-0.4, -0.2) is 29.3 Å². The minimum atomic E-state index is -3.37. The predicted octanol–water partition coefficient (Wildman–Crippen LogP) is 5.80. The summed E-state index contributed by atoms with van der Waals surface area (Å²) in [5.74, 6) is 0. The highest BCUT2D eigenvalue weighted by molar-refractivity contribution is 9.10. The highest BCUT2D eigenvalue weighted by atomic mass is 79.9. The third kappa shape index (κ3) is 5.01. The van der Waals surface area contributed by atoms with Crippen molar-refractivity contribution in [1.82, 2.24) is 14.9 Å². The van der Waals surface area contributed by atoms with E-state index in [4.69, 9.17) is 12.2 Å². The molecule has 0 radical (unpaired) electrons. The van der Waals surface area contributed by atoms with Crippen molar-refractivity contribution in [3.63, 3.8) is 0 Å². The van der Waals surface area contributed by atoms with Crippen molar-refractivity contribution >= 4 is 54.7 Å². The van der Waals surface area contributed by atoms with Crippen LogP contribution in [0.1, 0.15) is 34.7 Å². The number of benzene rings is 2. The van der Waals surface area contributed by atoms with Gasteiger partial charge in [0.05, 0.1) is 29.7 Å². The van der Waals surface area contributed by atoms with E-state index in [1.807, 2.05) is 48.5 Å². The summed E-state index contributed by atoms with van der Waals surface area (Å²) in [6, 6.07) is 23.1. The van der Waals surface area contributed by atoms with Crippen LogP contribution in [0.5, 0.6) is 0 Å². The molecule has 0 amide bonds. The third-order valence-corrected chi connectivity index (χ3v) is 8.02. The molecule has 190 valence electrons. The van der Waals surface area contributed by atoms with Gasteiger partial charge in [0.25, 0.3) is 0 Å². The van der Waals surface area contributed by atoms with Gasteiger partial charge in [0.2, 0.25) is 10.0 Å². The first-order valence-electron chi connectivity index (χ1n) is 11.7. The molecule has 3 heterocycles. The minimum Gasteiger partial charge on any atom is -0.351 e. The lowest BCUT2D eigenvalue weighted by atomic mass is 9.96. The van der Waals surface area contributed by atoms with Gasteiger partial charge in [0.1, 0.15) is 0 Å². The summed E-state index contributed by atoms with van der Waals surface area (Å²) in [4.78, 5) is 6.73. The van der Waals surface area contributed by atoms with E-state index >= 15 is 0 Å². The highest BCUT2D eigenvalue weighted by Gasteiger charge is 2.42. The molecule has 2 aromatic carbocycles. The molecule has 0 saturated carbocycles. The fourth-order valence-corrected chi connectivity index (χ4v) is 6.32. The van der Waals surface area contributed by atoms with Crippen LogP contribution in [0.15, 0.2) is 83.5 Å². The number of anilines is 2. The van der Waals surface area contributed by atoms with Gasteiger partial charge in [-0.1, -0.05) is 18.2 Å². The molecule has 1 aliphatic rings. The molecule has 1 aliphatic heterocycles. The second-order valence-corrected chi connectivity index (χ2v) is 12.0. The van der Waals surface area contributed by atoms with Gasteiger partial charge >= 0.3 is 0 Å². The zero-order valence-corrected chi connectivity index (χ0v) is 23.7. The second-order valence-electron chi connectivity index (χ2n) is 9.03. The number of nitrogens with zero attached hydrogens (tertiary/aromatic N) is 3. The molecular weight excluding hydrogens is 570 g/mol. The van der Waals surface area contributed by atoms with E-state index in [0.717, 1.165) is 44.7 Å². The topological polar surface area (TPSA) is 79.3 Å². The maximum atomic E-state index is 11.7. The second kappa shape index (κ2) is 9.92. The van der Waals surface area contributed by atoms with Crippen LogP contribution in [0.3, 0.4) is 0 Å². The summed E-state index contributed by atoms with van der Waals surface area (Å²) in [5, 5.41) is 4.07. The first kappa shape index (κ1) is 25.4. The van der Waals surface area contributed by atoms with E-state index < -0.39 is 10.0 Å². The number of hydrogen-bond donors (Lipinski definition) is 2. The van der Waals surface area contributed by atoms with Crippen molar-refractivity contribution in [1.29, 1.82) is 0 Å². The lowest BCUT2D eigenvalue weighted by molar-refractivity contribution is 0.565. The van der Waals surface area contributed by atoms with E-state index in [0.29, 0.717) is 10.8 Å². The summed E-state index contributed by atoms with van der Waals surface area (Å²) in [5.41, 5.74) is 6.62. The minimum absolute atomic E-state index is 0.182. The predicted molar refractivity (Wildman–Crippen MR) is 156 cm³/mol. The number of nitrogens with one attached hydrogen (secondary N) is 2. The van der Waals surface area contributed by atoms with Gasteiger partial charge in [-0.3, -0.25) is 9.71 Å². The van der Waals surface area contributed by atoms with E-state index in [2.05, 4.69) is 66.4 Å². The molecular formula is C27H26BrN5O2S2. The smallest absolute Gasteiger partial charge is 0.229 e. The van der Waals surface area contributed by atoms with Crippen molar-refractivity contribution in [2.24, 2.45) is 0 Å². The van der Waals surface area contributed by atoms with Crippen molar-refractivity contribution in [3.05, 3.63) is 106 Å². The first-order chi connectivity index (χ1) is 17.6. The Bertz CT molecular complexity index is 1570. The summed E-state index contributed by atoms with van der Waals surface area (Å²) in [6.45, 7) is 4.22. The van der Waals surface area contributed by atoms with Crippen molar-refractivity contribution in [3.8, 4) is 5.69 Å². The fourth-order valence-electron chi connectivity index (χ4n) is 4.94. The van der Waals surface area contributed by atoms with Gasteiger partial charge in [0, 0.05) is 33.4 Å². The lowest BCUT2D eigenvalue weighted by Crippen LogP contribution is -2.29. The molecule has 7 nitrogen and oxygen atoms in total. The van der Waals surface area contributed by atoms with E-state index in [1.54, 1.807) is 18.3 Å². The van der Waals surface area contributed by atoms with Crippen LogP contribution < -0.4 is 14.9 Å². The van der Waals surface area contributed by atoms with Crippen molar-refractivity contribution in [2.45, 2.75) is 25.9 Å². The summed E-state index contributed by atoms with van der Waals surface area (Å²) in [6.07, 6.45) is 2.92. The average molecular weight is 597 g/mol. The molecule has 2 N–H and O–H groups in total. The molecule has 0 spiro atoms. The van der Waals surface area contributed by atoms with E-state index in [1.165, 1.54) is 0 Å². The molecule has 1 fully saturated rings. The molecule has 37 heavy (non-hydrogen) atoms. The Morgan fingerprint density at radius 3 is 2.38 bits per heavy atom. The zero-order valence-electron chi connectivity index (χ0n) is 20.5. The fraction of sp³-hybridized carbons (Fsp3) is 0.185. The van der Waals surface area contributed by atoms with Crippen molar-refractivity contribution in [2.75, 3.05) is 15.9 Å². The Balaban J connectivity index is 1.64. The normalized spacial score (nSPS) is 17.6. The number of aryl methyl sites for hydroxylation is 1. The van der Waals surface area contributed by atoms with Gasteiger partial charge in [-0.25, -0.2) is 8.42 Å². The molecule has 0 bridgehead atoms. The quantitative estimate of drug-likeness (QED) is 0.274. The number of halogens is 1. The molecule has 10 heteroatoms. The number of pyridine rings is 1. The Morgan fingerprint density at radius 1 is 1.03 bits per heavy atom. The number of para-hydroxylation sites is 1. The van der Waals surface area contributed by atoms with Crippen LogP contribution >= 0.6 is 28.1 Å². The van der Waals surface area contributed by atoms with E-state index in [9.17, 15) is 8.42 Å². The number of sulfonamides is 1. The van der Waals surface area contributed by atoms with Gasteiger partial charge in [-0.15, -0.1) is 0 Å². The number of rotatable bonds is 6. The van der Waals surface area contributed by atoms with Crippen LogP contribution in [0.4, 0.5) is 11.4 Å². The van der Waals surface area contributed by atoms with Crippen LogP contribution in [0, 0.1) is 13.8 Å². The van der Waals surface area contributed by atoms with Crippen LogP contribution in [0.25, 0.3) is 5.69 Å². The largest absolute Gasteiger partial charge is 0.351 e. The standard InChI is InChI=1S/C27H26BrN5O2S2/c1-17-16-21(18(2)32(17)24-10-5-4-8-22(24)28)26-25(23-9-6-7-15-29-23)30-27(36)33(26)20-13-11-19(12-14-20)31-37(3,34)35/h4-16,25-26,31H,1-3H3,(H,30,36)/t25-,26+/m0/s1. The molecule has 5 rings (SSSR count). The van der Waals surface area contributed by atoms with Gasteiger partial charge in [0.15, 0.2) is 5.11 Å². The van der Waals surface area contributed by atoms with Gasteiger partial charge in [-0.2, -0.15) is 0 Å². The SMILES string of the molecule is Cc1cc([C@@H]2[C@H](c3ccccn3)NC(=S)N2c2ccc(NS(C)(=O)=O)cc2)c(C)n1-c1ccccc1Br. The average Bonchev–Trinajstić information content (AvgIpc) is 3.35. The maximum Gasteiger partial charge on any atom is 0.229 e. The highest BCUT2D eigenvalue weighted by Crippen LogP contribution is 2.44. The first-order valence-corrected chi connectivity index (χ1v) is 14.8. The lowest BCUT2D eigenvalue weighted by Gasteiger charge is -2.28. The Kier molecular flexibility index (Phi) is 6.82. The van der Waals surface area contributed by atoms with E-state index in [-0.39, 0.29) is 12.1 Å². The van der Waals surface area contributed by atoms with Crippen LogP contribution in [0.2, 0.25) is 0 Å². The number of hydrogen-bond acceptors (Lipinski definition) is 4. The summed E-state index contributed by atoms with van der Waals surface area (Å²) >= 11 is 9.56. The molecule has 2 atom stereocenters. The maximum absolute atomic E-state index is 11.7. The zero-order chi connectivity index (χ0) is 26.3. The monoisotopic (exact) mass is 595 g/mol. The third-order valence-electron chi connectivity index (χ3n) is 6.43. The molecule has 1 saturated heterocycles. The summed E-state index contributed by atoms with van der Waals surface area (Å²) in [7, 11) is -3.37. The van der Waals surface area contributed by atoms with Gasteiger partial charge < -0.3 is 14.8 Å². The Labute approximate surface area is 230 Å². The Morgan fingerprint density at radius 2 is 1.73 bits per heavy atom. The van der Waals surface area contributed by atoms with Crippen LogP contribution in [-0.2, 0) is 10.0 Å². The Hall–Kier alpha value is -3.21. The summed E-state index contributed by atoms with van der Waals surface area (Å²) < 4.78 is 29.1. The van der Waals surface area contributed by atoms with Gasteiger partial charge in [-0.05, 0) is 102 Å². The van der Waals surface area contributed by atoms with Crippen molar-refractivity contribution < 1.29 is 8.42 Å². The number of thiocarbonyl (C=S) groups is 1. The molecule has 0 aliphatic carbocycles.